The highest BCUT2D eigenvalue weighted by Gasteiger charge is 2.11. The van der Waals surface area contributed by atoms with Gasteiger partial charge < -0.3 is 0 Å². The SMILES string of the molecule is Cc1ncc(I)c(=O)n1Cc1ncnn1CC(C)C. The molecular formula is C12H16IN5O. The van der Waals surface area contributed by atoms with E-state index in [-0.39, 0.29) is 5.56 Å². The van der Waals surface area contributed by atoms with Gasteiger partial charge in [-0.05, 0) is 35.4 Å². The van der Waals surface area contributed by atoms with Crippen LogP contribution in [-0.2, 0) is 13.1 Å². The molecule has 2 aromatic rings. The molecule has 0 saturated heterocycles. The Labute approximate surface area is 125 Å². The summed E-state index contributed by atoms with van der Waals surface area (Å²) in [6.45, 7) is 7.26. The van der Waals surface area contributed by atoms with Gasteiger partial charge in [-0.2, -0.15) is 5.10 Å². The summed E-state index contributed by atoms with van der Waals surface area (Å²) in [5, 5.41) is 4.20. The molecule has 0 amide bonds. The van der Waals surface area contributed by atoms with Crippen molar-refractivity contribution in [3.8, 4) is 0 Å². The molecular weight excluding hydrogens is 357 g/mol. The zero-order valence-electron chi connectivity index (χ0n) is 11.2. The average Bonchev–Trinajstić information content (AvgIpc) is 2.76. The van der Waals surface area contributed by atoms with Gasteiger partial charge in [0.25, 0.3) is 5.56 Å². The third-order valence-corrected chi connectivity index (χ3v) is 3.48. The zero-order valence-corrected chi connectivity index (χ0v) is 13.3. The van der Waals surface area contributed by atoms with Crippen LogP contribution in [0.3, 0.4) is 0 Å². The number of rotatable bonds is 4. The molecule has 0 aliphatic heterocycles. The summed E-state index contributed by atoms with van der Waals surface area (Å²) in [6, 6.07) is 0. The Bertz CT molecular complexity index is 631. The van der Waals surface area contributed by atoms with Gasteiger partial charge in [0, 0.05) is 12.7 Å². The van der Waals surface area contributed by atoms with Crippen molar-refractivity contribution in [2.75, 3.05) is 0 Å². The third kappa shape index (κ3) is 3.20. The second-order valence-electron chi connectivity index (χ2n) is 4.80. The molecule has 0 fully saturated rings. The maximum atomic E-state index is 12.1. The Morgan fingerprint density at radius 2 is 2.11 bits per heavy atom. The minimum absolute atomic E-state index is 0.0350. The fourth-order valence-electron chi connectivity index (χ4n) is 1.79. The van der Waals surface area contributed by atoms with E-state index in [1.165, 1.54) is 6.33 Å². The number of aromatic nitrogens is 5. The first kappa shape index (κ1) is 14.2. The van der Waals surface area contributed by atoms with Gasteiger partial charge in [0.05, 0.1) is 10.1 Å². The lowest BCUT2D eigenvalue weighted by Gasteiger charge is -2.11. The molecule has 7 heteroatoms. The van der Waals surface area contributed by atoms with E-state index in [1.54, 1.807) is 10.8 Å². The molecule has 2 heterocycles. The van der Waals surface area contributed by atoms with Crippen molar-refractivity contribution in [3.05, 3.63) is 38.1 Å². The number of nitrogens with zero attached hydrogens (tertiary/aromatic N) is 5. The molecule has 2 rings (SSSR count). The van der Waals surface area contributed by atoms with E-state index in [4.69, 9.17) is 0 Å². The Morgan fingerprint density at radius 1 is 1.37 bits per heavy atom. The Balaban J connectivity index is 2.35. The topological polar surface area (TPSA) is 65.6 Å². The fourth-order valence-corrected chi connectivity index (χ4v) is 2.22. The smallest absolute Gasteiger partial charge is 0.267 e. The quantitative estimate of drug-likeness (QED) is 0.762. The molecule has 19 heavy (non-hydrogen) atoms. The van der Waals surface area contributed by atoms with Crippen molar-refractivity contribution in [3.63, 3.8) is 0 Å². The number of hydrogen-bond donors (Lipinski definition) is 0. The number of hydrogen-bond acceptors (Lipinski definition) is 4. The van der Waals surface area contributed by atoms with E-state index >= 15 is 0 Å². The van der Waals surface area contributed by atoms with Crippen LogP contribution in [0.4, 0.5) is 0 Å². The first-order chi connectivity index (χ1) is 8.99. The molecule has 0 saturated carbocycles. The molecule has 0 spiro atoms. The first-order valence-corrected chi connectivity index (χ1v) is 7.15. The van der Waals surface area contributed by atoms with E-state index in [0.29, 0.717) is 21.9 Å². The predicted octanol–water partition coefficient (Wildman–Crippen LogP) is 1.45. The van der Waals surface area contributed by atoms with Crippen LogP contribution in [0.15, 0.2) is 17.3 Å². The highest BCUT2D eigenvalue weighted by Crippen LogP contribution is 2.04. The van der Waals surface area contributed by atoms with Crippen LogP contribution in [0.1, 0.15) is 25.5 Å². The van der Waals surface area contributed by atoms with Crippen LogP contribution in [0.5, 0.6) is 0 Å². The lowest BCUT2D eigenvalue weighted by atomic mass is 10.2. The molecule has 6 nitrogen and oxygen atoms in total. The lowest BCUT2D eigenvalue weighted by molar-refractivity contribution is 0.458. The standard InChI is InChI=1S/C12H16IN5O/c1-8(2)5-18-11(15-7-16-18)6-17-9(3)14-4-10(13)12(17)19/h4,7-8H,5-6H2,1-3H3. The molecule has 0 N–H and O–H groups in total. The van der Waals surface area contributed by atoms with Gasteiger partial charge in [0.1, 0.15) is 18.0 Å². The minimum Gasteiger partial charge on any atom is -0.288 e. The van der Waals surface area contributed by atoms with Crippen molar-refractivity contribution in [2.45, 2.75) is 33.9 Å². The van der Waals surface area contributed by atoms with E-state index in [2.05, 4.69) is 28.9 Å². The van der Waals surface area contributed by atoms with E-state index in [9.17, 15) is 4.79 Å². The van der Waals surface area contributed by atoms with Crippen LogP contribution >= 0.6 is 22.6 Å². The molecule has 0 aliphatic rings. The van der Waals surface area contributed by atoms with E-state index in [0.717, 1.165) is 12.4 Å². The van der Waals surface area contributed by atoms with E-state index in [1.807, 2.05) is 34.2 Å². The number of aryl methyl sites for hydroxylation is 1. The Morgan fingerprint density at radius 3 is 2.79 bits per heavy atom. The summed E-state index contributed by atoms with van der Waals surface area (Å²) < 4.78 is 4.08. The van der Waals surface area contributed by atoms with Gasteiger partial charge >= 0.3 is 0 Å². The monoisotopic (exact) mass is 373 g/mol. The van der Waals surface area contributed by atoms with Gasteiger partial charge in [0.2, 0.25) is 0 Å². The summed E-state index contributed by atoms with van der Waals surface area (Å²) in [7, 11) is 0. The van der Waals surface area contributed by atoms with Gasteiger partial charge in [-0.25, -0.2) is 14.6 Å². The average molecular weight is 373 g/mol. The molecule has 0 atom stereocenters. The van der Waals surface area contributed by atoms with Crippen LogP contribution in [0.25, 0.3) is 0 Å². The molecule has 2 aromatic heterocycles. The Hall–Kier alpha value is -1.25. The maximum absolute atomic E-state index is 12.1. The summed E-state index contributed by atoms with van der Waals surface area (Å²) >= 11 is 2.00. The van der Waals surface area contributed by atoms with Crippen molar-refractivity contribution < 1.29 is 0 Å². The van der Waals surface area contributed by atoms with Gasteiger partial charge in [-0.1, -0.05) is 13.8 Å². The summed E-state index contributed by atoms with van der Waals surface area (Å²) in [5.74, 6) is 1.94. The van der Waals surface area contributed by atoms with Crippen LogP contribution in [-0.4, -0.2) is 24.3 Å². The minimum atomic E-state index is -0.0350. The van der Waals surface area contributed by atoms with Crippen LogP contribution in [0, 0.1) is 16.4 Å². The van der Waals surface area contributed by atoms with Crippen molar-refractivity contribution >= 4 is 22.6 Å². The molecule has 0 aliphatic carbocycles. The normalized spacial score (nSPS) is 11.2. The molecule has 0 unspecified atom stereocenters. The second kappa shape index (κ2) is 5.81. The Kier molecular flexibility index (Phi) is 4.33. The van der Waals surface area contributed by atoms with Gasteiger partial charge in [-0.3, -0.25) is 9.36 Å². The maximum Gasteiger partial charge on any atom is 0.267 e. The summed E-state index contributed by atoms with van der Waals surface area (Å²) in [5.41, 5.74) is -0.0350. The van der Waals surface area contributed by atoms with Crippen molar-refractivity contribution in [1.82, 2.24) is 24.3 Å². The van der Waals surface area contributed by atoms with Crippen LogP contribution in [0.2, 0.25) is 0 Å². The van der Waals surface area contributed by atoms with Crippen molar-refractivity contribution in [1.29, 1.82) is 0 Å². The van der Waals surface area contributed by atoms with Crippen molar-refractivity contribution in [2.24, 2.45) is 5.92 Å². The molecule has 0 aromatic carbocycles. The number of halogens is 1. The third-order valence-electron chi connectivity index (χ3n) is 2.74. The highest BCUT2D eigenvalue weighted by atomic mass is 127. The molecule has 0 radical (unpaired) electrons. The summed E-state index contributed by atoms with van der Waals surface area (Å²) in [4.78, 5) is 20.6. The van der Waals surface area contributed by atoms with Crippen LogP contribution < -0.4 is 5.56 Å². The lowest BCUT2D eigenvalue weighted by Crippen LogP contribution is -2.27. The molecule has 102 valence electrons. The van der Waals surface area contributed by atoms with E-state index < -0.39 is 0 Å². The highest BCUT2D eigenvalue weighted by molar-refractivity contribution is 14.1. The first-order valence-electron chi connectivity index (χ1n) is 6.07. The van der Waals surface area contributed by atoms with Gasteiger partial charge in [0.15, 0.2) is 0 Å². The van der Waals surface area contributed by atoms with Gasteiger partial charge in [-0.15, -0.1) is 0 Å². The summed E-state index contributed by atoms with van der Waals surface area (Å²) in [6.07, 6.45) is 3.12. The zero-order chi connectivity index (χ0) is 14.0. The molecule has 0 bridgehead atoms. The predicted molar refractivity (Wildman–Crippen MR) is 79.9 cm³/mol. The fraction of sp³-hybridized carbons (Fsp3) is 0.500. The second-order valence-corrected chi connectivity index (χ2v) is 5.96. The largest absolute Gasteiger partial charge is 0.288 e.